The molecule has 0 bridgehead atoms. The van der Waals surface area contributed by atoms with Gasteiger partial charge in [-0.25, -0.2) is 4.79 Å². The van der Waals surface area contributed by atoms with Crippen LogP contribution in [0.3, 0.4) is 0 Å². The van der Waals surface area contributed by atoms with E-state index in [-0.39, 0.29) is 6.54 Å². The van der Waals surface area contributed by atoms with E-state index in [1.54, 1.807) is 24.5 Å². The van der Waals surface area contributed by atoms with Crippen molar-refractivity contribution in [2.24, 2.45) is 5.10 Å². The van der Waals surface area contributed by atoms with Gasteiger partial charge in [-0.05, 0) is 23.3 Å². The molecule has 2 aromatic rings. The summed E-state index contributed by atoms with van der Waals surface area (Å²) in [4.78, 5) is 15.0. The van der Waals surface area contributed by atoms with E-state index in [0.717, 1.165) is 16.1 Å². The van der Waals surface area contributed by atoms with Gasteiger partial charge in [-0.1, -0.05) is 30.3 Å². The third-order valence-corrected chi connectivity index (χ3v) is 2.45. The number of aromatic nitrogens is 1. The molecular weight excluding hydrogens is 242 g/mol. The highest BCUT2D eigenvalue weighted by atomic mass is 16.4. The van der Waals surface area contributed by atoms with Crippen LogP contribution in [0.25, 0.3) is 0 Å². The zero-order valence-corrected chi connectivity index (χ0v) is 10.2. The number of rotatable bonds is 4. The van der Waals surface area contributed by atoms with Gasteiger partial charge < -0.3 is 5.11 Å². The van der Waals surface area contributed by atoms with Gasteiger partial charge in [0.25, 0.3) is 0 Å². The Labute approximate surface area is 110 Å². The summed E-state index contributed by atoms with van der Waals surface area (Å²) in [6, 6.07) is 12.8. The van der Waals surface area contributed by atoms with Crippen LogP contribution in [0.1, 0.15) is 11.1 Å². The molecule has 1 aromatic carbocycles. The number of nitrogens with zero attached hydrogens (tertiary/aromatic N) is 3. The van der Waals surface area contributed by atoms with E-state index in [2.05, 4.69) is 10.1 Å². The van der Waals surface area contributed by atoms with Crippen LogP contribution in [0, 0.1) is 0 Å². The molecule has 0 aliphatic heterocycles. The summed E-state index contributed by atoms with van der Waals surface area (Å²) in [7, 11) is 0. The molecule has 0 aliphatic rings. The van der Waals surface area contributed by atoms with Crippen molar-refractivity contribution >= 4 is 12.3 Å². The molecule has 5 nitrogen and oxygen atoms in total. The maximum absolute atomic E-state index is 11.1. The quantitative estimate of drug-likeness (QED) is 0.674. The van der Waals surface area contributed by atoms with Crippen molar-refractivity contribution in [1.29, 1.82) is 0 Å². The summed E-state index contributed by atoms with van der Waals surface area (Å²) in [6.45, 7) is 0.220. The van der Waals surface area contributed by atoms with Crippen LogP contribution < -0.4 is 0 Å². The minimum atomic E-state index is -1.09. The van der Waals surface area contributed by atoms with E-state index in [0.29, 0.717) is 0 Å². The minimum Gasteiger partial charge on any atom is -0.464 e. The first-order valence-electron chi connectivity index (χ1n) is 5.74. The molecule has 96 valence electrons. The number of carbonyl (C=O) groups is 1. The molecular formula is C14H13N3O2. The van der Waals surface area contributed by atoms with E-state index < -0.39 is 6.09 Å². The third-order valence-electron chi connectivity index (χ3n) is 2.45. The lowest BCUT2D eigenvalue weighted by Gasteiger charge is -2.12. The number of amides is 1. The SMILES string of the molecule is O=C(O)N(Cc1ccccc1)N=Cc1ccncc1. The fourth-order valence-corrected chi connectivity index (χ4v) is 1.50. The van der Waals surface area contributed by atoms with Crippen molar-refractivity contribution in [1.82, 2.24) is 9.99 Å². The third kappa shape index (κ3) is 3.92. The zero-order valence-electron chi connectivity index (χ0n) is 10.2. The standard InChI is InChI=1S/C14H13N3O2/c18-14(19)17(11-13-4-2-1-3-5-13)16-10-12-6-8-15-9-7-12/h1-10H,11H2,(H,18,19). The van der Waals surface area contributed by atoms with E-state index in [1.165, 1.54) is 6.21 Å². The summed E-state index contributed by atoms with van der Waals surface area (Å²) >= 11 is 0. The Balaban J connectivity index is 2.09. The van der Waals surface area contributed by atoms with Crippen molar-refractivity contribution in [3.8, 4) is 0 Å². The molecule has 0 unspecified atom stereocenters. The molecule has 0 radical (unpaired) electrons. The molecule has 0 saturated heterocycles. The number of pyridine rings is 1. The highest BCUT2D eigenvalue weighted by molar-refractivity contribution is 5.80. The smallest absolute Gasteiger partial charge is 0.428 e. The summed E-state index contributed by atoms with van der Waals surface area (Å²) in [5.41, 5.74) is 1.69. The van der Waals surface area contributed by atoms with Crippen LogP contribution >= 0.6 is 0 Å². The normalized spacial score (nSPS) is 10.5. The van der Waals surface area contributed by atoms with Crippen LogP contribution in [0.15, 0.2) is 60.0 Å². The van der Waals surface area contributed by atoms with Crippen LogP contribution in [-0.2, 0) is 6.54 Å². The summed E-state index contributed by atoms with van der Waals surface area (Å²) in [5.74, 6) is 0. The Morgan fingerprint density at radius 1 is 1.21 bits per heavy atom. The molecule has 0 fully saturated rings. The summed E-state index contributed by atoms with van der Waals surface area (Å²) in [6.07, 6.45) is 3.67. The topological polar surface area (TPSA) is 65.8 Å². The van der Waals surface area contributed by atoms with Gasteiger partial charge in [0.1, 0.15) is 0 Å². The van der Waals surface area contributed by atoms with Gasteiger partial charge in [0.2, 0.25) is 0 Å². The number of hydrazone groups is 1. The predicted octanol–water partition coefficient (Wildman–Crippen LogP) is 2.60. The highest BCUT2D eigenvalue weighted by Gasteiger charge is 2.09. The number of hydrogen-bond donors (Lipinski definition) is 1. The molecule has 1 aromatic heterocycles. The Kier molecular flexibility index (Phi) is 4.23. The van der Waals surface area contributed by atoms with E-state index >= 15 is 0 Å². The van der Waals surface area contributed by atoms with Crippen molar-refractivity contribution in [3.05, 3.63) is 66.0 Å². The molecule has 5 heteroatoms. The lowest BCUT2D eigenvalue weighted by atomic mass is 10.2. The van der Waals surface area contributed by atoms with Crippen LogP contribution in [0.2, 0.25) is 0 Å². The van der Waals surface area contributed by atoms with Gasteiger partial charge in [-0.15, -0.1) is 0 Å². The van der Waals surface area contributed by atoms with Crippen molar-refractivity contribution in [2.75, 3.05) is 0 Å². The first kappa shape index (κ1) is 12.8. The average Bonchev–Trinajstić information content (AvgIpc) is 2.45. The molecule has 1 N–H and O–H groups in total. The Hall–Kier alpha value is -2.69. The fourth-order valence-electron chi connectivity index (χ4n) is 1.50. The van der Waals surface area contributed by atoms with Gasteiger partial charge in [-0.3, -0.25) is 4.98 Å². The molecule has 2 rings (SSSR count). The molecule has 0 atom stereocenters. The first-order valence-corrected chi connectivity index (χ1v) is 5.74. The lowest BCUT2D eigenvalue weighted by Crippen LogP contribution is -2.23. The summed E-state index contributed by atoms with van der Waals surface area (Å²) in [5, 5.41) is 14.1. The fraction of sp³-hybridized carbons (Fsp3) is 0.0714. The Morgan fingerprint density at radius 3 is 2.53 bits per heavy atom. The first-order chi connectivity index (χ1) is 9.25. The number of benzene rings is 1. The Morgan fingerprint density at radius 2 is 1.89 bits per heavy atom. The monoisotopic (exact) mass is 255 g/mol. The van der Waals surface area contributed by atoms with E-state index in [9.17, 15) is 4.79 Å². The maximum atomic E-state index is 11.1. The highest BCUT2D eigenvalue weighted by Crippen LogP contribution is 2.05. The van der Waals surface area contributed by atoms with Gasteiger partial charge in [0, 0.05) is 12.4 Å². The predicted molar refractivity (Wildman–Crippen MR) is 71.8 cm³/mol. The second-order valence-corrected chi connectivity index (χ2v) is 3.85. The van der Waals surface area contributed by atoms with Crippen LogP contribution in [0.4, 0.5) is 4.79 Å². The lowest BCUT2D eigenvalue weighted by molar-refractivity contribution is 0.144. The number of carboxylic acid groups (broad SMARTS) is 1. The van der Waals surface area contributed by atoms with Crippen LogP contribution in [-0.4, -0.2) is 27.4 Å². The van der Waals surface area contributed by atoms with Crippen molar-refractivity contribution < 1.29 is 9.90 Å². The van der Waals surface area contributed by atoms with Gasteiger partial charge in [0.05, 0.1) is 12.8 Å². The maximum Gasteiger partial charge on any atom is 0.428 e. The van der Waals surface area contributed by atoms with Gasteiger partial charge in [-0.2, -0.15) is 10.1 Å². The second-order valence-electron chi connectivity index (χ2n) is 3.85. The molecule has 1 amide bonds. The van der Waals surface area contributed by atoms with Crippen LogP contribution in [0.5, 0.6) is 0 Å². The average molecular weight is 255 g/mol. The van der Waals surface area contributed by atoms with Gasteiger partial charge >= 0.3 is 6.09 Å². The second kappa shape index (κ2) is 6.30. The molecule has 19 heavy (non-hydrogen) atoms. The van der Waals surface area contributed by atoms with Crippen molar-refractivity contribution in [2.45, 2.75) is 6.54 Å². The van der Waals surface area contributed by atoms with Gasteiger partial charge in [0.15, 0.2) is 0 Å². The molecule has 0 spiro atoms. The van der Waals surface area contributed by atoms with E-state index in [1.807, 2.05) is 30.3 Å². The zero-order chi connectivity index (χ0) is 13.5. The minimum absolute atomic E-state index is 0.220. The number of hydrogen-bond acceptors (Lipinski definition) is 3. The molecule has 0 saturated carbocycles. The Bertz CT molecular complexity index is 555. The molecule has 0 aliphatic carbocycles. The molecule has 1 heterocycles. The van der Waals surface area contributed by atoms with Crippen molar-refractivity contribution in [3.63, 3.8) is 0 Å². The van der Waals surface area contributed by atoms with E-state index in [4.69, 9.17) is 5.11 Å². The summed E-state index contributed by atoms with van der Waals surface area (Å²) < 4.78 is 0. The largest absolute Gasteiger partial charge is 0.464 e.